The zero-order valence-electron chi connectivity index (χ0n) is 14.3. The largest absolute Gasteiger partial charge is 0.381 e. The SMILES string of the molecule is CC(=O)Nc1ccc(NC(=O)CC2(n3cccc3)CCOCC2)cc1. The topological polar surface area (TPSA) is 72.4 Å². The molecule has 0 radical (unpaired) electrons. The lowest BCUT2D eigenvalue weighted by Crippen LogP contribution is -2.42. The Labute approximate surface area is 147 Å². The summed E-state index contributed by atoms with van der Waals surface area (Å²) in [6.45, 7) is 2.79. The molecule has 3 rings (SSSR count). The highest BCUT2D eigenvalue weighted by Crippen LogP contribution is 2.33. The summed E-state index contributed by atoms with van der Waals surface area (Å²) in [5, 5.41) is 5.66. The fourth-order valence-corrected chi connectivity index (χ4v) is 3.27. The maximum atomic E-state index is 12.6. The van der Waals surface area contributed by atoms with E-state index in [9.17, 15) is 9.59 Å². The van der Waals surface area contributed by atoms with Crippen LogP contribution in [0.3, 0.4) is 0 Å². The Morgan fingerprint density at radius 2 is 1.60 bits per heavy atom. The first-order valence-corrected chi connectivity index (χ1v) is 8.46. The molecular formula is C19H23N3O3. The van der Waals surface area contributed by atoms with Crippen LogP contribution >= 0.6 is 0 Å². The summed E-state index contributed by atoms with van der Waals surface area (Å²) >= 11 is 0. The Balaban J connectivity index is 1.67. The predicted molar refractivity (Wildman–Crippen MR) is 96.5 cm³/mol. The van der Waals surface area contributed by atoms with E-state index in [1.807, 2.05) is 24.5 Å². The number of nitrogens with one attached hydrogen (secondary N) is 2. The van der Waals surface area contributed by atoms with Gasteiger partial charge in [0.1, 0.15) is 0 Å². The van der Waals surface area contributed by atoms with Crippen LogP contribution in [-0.2, 0) is 19.9 Å². The Morgan fingerprint density at radius 3 is 2.16 bits per heavy atom. The third-order valence-corrected chi connectivity index (χ3v) is 4.55. The van der Waals surface area contributed by atoms with Crippen molar-refractivity contribution in [1.29, 1.82) is 0 Å². The van der Waals surface area contributed by atoms with Gasteiger partial charge in [0.15, 0.2) is 0 Å². The van der Waals surface area contributed by atoms with E-state index in [0.29, 0.717) is 31.0 Å². The number of aromatic nitrogens is 1. The summed E-state index contributed by atoms with van der Waals surface area (Å²) in [7, 11) is 0. The number of ether oxygens (including phenoxy) is 1. The molecule has 0 unspecified atom stereocenters. The second-order valence-electron chi connectivity index (χ2n) is 6.41. The second kappa shape index (κ2) is 7.53. The van der Waals surface area contributed by atoms with E-state index in [-0.39, 0.29) is 17.4 Å². The van der Waals surface area contributed by atoms with Gasteiger partial charge in [0.2, 0.25) is 11.8 Å². The summed E-state index contributed by atoms with van der Waals surface area (Å²) in [5.74, 6) is -0.146. The first-order valence-electron chi connectivity index (χ1n) is 8.46. The third-order valence-electron chi connectivity index (χ3n) is 4.55. The number of carbonyl (C=O) groups is 2. The minimum atomic E-state index is -0.234. The summed E-state index contributed by atoms with van der Waals surface area (Å²) in [5.41, 5.74) is 1.19. The number of rotatable bonds is 5. The van der Waals surface area contributed by atoms with E-state index in [1.54, 1.807) is 24.3 Å². The smallest absolute Gasteiger partial charge is 0.226 e. The first kappa shape index (κ1) is 17.2. The Morgan fingerprint density at radius 1 is 1.04 bits per heavy atom. The van der Waals surface area contributed by atoms with Gasteiger partial charge in [-0.1, -0.05) is 0 Å². The highest BCUT2D eigenvalue weighted by atomic mass is 16.5. The van der Waals surface area contributed by atoms with Crippen LogP contribution in [0.2, 0.25) is 0 Å². The summed E-state index contributed by atoms with van der Waals surface area (Å²) in [4.78, 5) is 23.7. The molecule has 1 aliphatic rings. The molecule has 0 saturated carbocycles. The lowest BCUT2D eigenvalue weighted by atomic mass is 9.86. The van der Waals surface area contributed by atoms with Crippen LogP contribution in [0, 0.1) is 0 Å². The summed E-state index contributed by atoms with van der Waals surface area (Å²) in [6.07, 6.45) is 6.06. The fourth-order valence-electron chi connectivity index (χ4n) is 3.27. The Hall–Kier alpha value is -2.60. The number of hydrogen-bond donors (Lipinski definition) is 2. The molecule has 0 bridgehead atoms. The molecule has 1 aromatic heterocycles. The van der Waals surface area contributed by atoms with E-state index in [4.69, 9.17) is 4.74 Å². The number of benzene rings is 1. The lowest BCUT2D eigenvalue weighted by Gasteiger charge is -2.38. The van der Waals surface area contributed by atoms with Crippen molar-refractivity contribution in [2.24, 2.45) is 0 Å². The van der Waals surface area contributed by atoms with Crippen molar-refractivity contribution in [2.45, 2.75) is 31.7 Å². The van der Waals surface area contributed by atoms with Crippen molar-refractivity contribution in [3.8, 4) is 0 Å². The highest BCUT2D eigenvalue weighted by Gasteiger charge is 2.36. The van der Waals surface area contributed by atoms with Gasteiger partial charge in [0.05, 0.1) is 12.0 Å². The van der Waals surface area contributed by atoms with Crippen molar-refractivity contribution < 1.29 is 14.3 Å². The molecule has 2 aromatic rings. The summed E-state index contributed by atoms with van der Waals surface area (Å²) in [6, 6.07) is 11.1. The third kappa shape index (κ3) is 4.28. The van der Waals surface area contributed by atoms with Crippen LogP contribution in [0.4, 0.5) is 11.4 Å². The van der Waals surface area contributed by atoms with Crippen LogP contribution in [0.25, 0.3) is 0 Å². The molecule has 1 saturated heterocycles. The lowest BCUT2D eigenvalue weighted by molar-refractivity contribution is -0.119. The van der Waals surface area contributed by atoms with Gasteiger partial charge >= 0.3 is 0 Å². The van der Waals surface area contributed by atoms with Crippen molar-refractivity contribution in [1.82, 2.24) is 4.57 Å². The molecule has 1 aromatic carbocycles. The summed E-state index contributed by atoms with van der Waals surface area (Å²) < 4.78 is 7.62. The first-order chi connectivity index (χ1) is 12.1. The van der Waals surface area contributed by atoms with Gasteiger partial charge in [-0.25, -0.2) is 0 Å². The van der Waals surface area contributed by atoms with Gasteiger partial charge < -0.3 is 19.9 Å². The fraction of sp³-hybridized carbons (Fsp3) is 0.368. The minimum absolute atomic E-state index is 0.0251. The van der Waals surface area contributed by atoms with Crippen LogP contribution in [0.15, 0.2) is 48.8 Å². The van der Waals surface area contributed by atoms with Crippen LogP contribution in [-0.4, -0.2) is 29.6 Å². The monoisotopic (exact) mass is 341 g/mol. The van der Waals surface area contributed by atoms with Crippen LogP contribution < -0.4 is 10.6 Å². The maximum absolute atomic E-state index is 12.6. The highest BCUT2D eigenvalue weighted by molar-refractivity contribution is 5.92. The molecule has 6 heteroatoms. The van der Waals surface area contributed by atoms with Gasteiger partial charge in [-0.15, -0.1) is 0 Å². The molecule has 2 N–H and O–H groups in total. The van der Waals surface area contributed by atoms with E-state index in [1.165, 1.54) is 6.92 Å². The average molecular weight is 341 g/mol. The minimum Gasteiger partial charge on any atom is -0.381 e. The van der Waals surface area contributed by atoms with Gasteiger partial charge in [-0.05, 0) is 49.2 Å². The van der Waals surface area contributed by atoms with Crippen molar-refractivity contribution in [3.05, 3.63) is 48.8 Å². The molecule has 2 heterocycles. The maximum Gasteiger partial charge on any atom is 0.226 e. The number of hydrogen-bond acceptors (Lipinski definition) is 3. The zero-order valence-corrected chi connectivity index (χ0v) is 14.3. The molecule has 132 valence electrons. The van der Waals surface area contributed by atoms with E-state index >= 15 is 0 Å². The number of anilines is 2. The van der Waals surface area contributed by atoms with Crippen LogP contribution in [0.1, 0.15) is 26.2 Å². The van der Waals surface area contributed by atoms with Gasteiger partial charge in [-0.2, -0.15) is 0 Å². The molecule has 1 fully saturated rings. The van der Waals surface area contributed by atoms with Crippen molar-refractivity contribution in [3.63, 3.8) is 0 Å². The number of nitrogens with zero attached hydrogens (tertiary/aromatic N) is 1. The molecule has 25 heavy (non-hydrogen) atoms. The van der Waals surface area contributed by atoms with Gasteiger partial charge in [0, 0.05) is 43.9 Å². The molecule has 0 aliphatic carbocycles. The van der Waals surface area contributed by atoms with Gasteiger partial charge in [0.25, 0.3) is 0 Å². The predicted octanol–water partition coefficient (Wildman–Crippen LogP) is 2.98. The second-order valence-corrected chi connectivity index (χ2v) is 6.41. The normalized spacial score (nSPS) is 16.2. The molecular weight excluding hydrogens is 318 g/mol. The average Bonchev–Trinajstić information content (AvgIpc) is 3.12. The molecule has 6 nitrogen and oxygen atoms in total. The molecule has 1 aliphatic heterocycles. The standard InChI is InChI=1S/C19H23N3O3/c1-15(23)20-16-4-6-17(7-5-16)21-18(24)14-19(8-12-25-13-9-19)22-10-2-3-11-22/h2-7,10-11H,8-9,12-14H2,1H3,(H,20,23)(H,21,24). The Bertz CT molecular complexity index is 717. The Kier molecular flexibility index (Phi) is 5.19. The molecule has 2 amide bonds. The van der Waals surface area contributed by atoms with Crippen LogP contribution in [0.5, 0.6) is 0 Å². The van der Waals surface area contributed by atoms with Crippen molar-refractivity contribution >= 4 is 23.2 Å². The van der Waals surface area contributed by atoms with E-state index in [2.05, 4.69) is 15.2 Å². The quantitative estimate of drug-likeness (QED) is 0.878. The van der Waals surface area contributed by atoms with Gasteiger partial charge in [-0.3, -0.25) is 9.59 Å². The van der Waals surface area contributed by atoms with E-state index in [0.717, 1.165) is 12.8 Å². The number of carbonyl (C=O) groups excluding carboxylic acids is 2. The van der Waals surface area contributed by atoms with E-state index < -0.39 is 0 Å². The molecule has 0 spiro atoms. The zero-order chi connectivity index (χ0) is 17.7. The van der Waals surface area contributed by atoms with Crippen molar-refractivity contribution in [2.75, 3.05) is 23.8 Å². The number of amides is 2. The molecule has 0 atom stereocenters.